The smallest absolute Gasteiger partial charge is 0.234 e. The summed E-state index contributed by atoms with van der Waals surface area (Å²) in [5.74, 6) is -0.230. The van der Waals surface area contributed by atoms with E-state index >= 15 is 0 Å². The van der Waals surface area contributed by atoms with Gasteiger partial charge in [-0.1, -0.05) is 20.8 Å². The first-order valence-electron chi connectivity index (χ1n) is 5.05. The summed E-state index contributed by atoms with van der Waals surface area (Å²) < 4.78 is 0. The summed E-state index contributed by atoms with van der Waals surface area (Å²) in [7, 11) is 0. The van der Waals surface area contributed by atoms with Crippen LogP contribution in [0.2, 0.25) is 0 Å². The fraction of sp³-hybridized carbons (Fsp3) is 0.900. The van der Waals surface area contributed by atoms with E-state index in [4.69, 9.17) is 5.73 Å². The summed E-state index contributed by atoms with van der Waals surface area (Å²) in [6.45, 7) is 7.86. The molecular formula is C10H22N2O2. The number of hydrogen-bond acceptors (Lipinski definition) is 3. The maximum Gasteiger partial charge on any atom is 0.234 e. The molecule has 4 heteroatoms. The summed E-state index contributed by atoms with van der Waals surface area (Å²) in [6, 6.07) is -0.368. The number of carbonyl (C=O) groups excluding carboxylic acids is 1. The lowest BCUT2D eigenvalue weighted by Crippen LogP contribution is -2.50. The maximum absolute atomic E-state index is 11.0. The van der Waals surface area contributed by atoms with Crippen molar-refractivity contribution in [1.29, 1.82) is 0 Å². The summed E-state index contributed by atoms with van der Waals surface area (Å²) >= 11 is 0. The SMILES string of the molecule is CCC(C)(O)CNC(C(N)=O)C(C)C. The van der Waals surface area contributed by atoms with Crippen LogP contribution < -0.4 is 11.1 Å². The van der Waals surface area contributed by atoms with Crippen molar-refractivity contribution >= 4 is 5.91 Å². The molecule has 0 saturated carbocycles. The highest BCUT2D eigenvalue weighted by molar-refractivity contribution is 5.80. The molecule has 84 valence electrons. The number of hydrogen-bond donors (Lipinski definition) is 3. The molecule has 0 aliphatic rings. The summed E-state index contributed by atoms with van der Waals surface area (Å²) in [6.07, 6.45) is 0.642. The van der Waals surface area contributed by atoms with Gasteiger partial charge in [-0.05, 0) is 19.3 Å². The highest BCUT2D eigenvalue weighted by atomic mass is 16.3. The molecule has 4 nitrogen and oxygen atoms in total. The van der Waals surface area contributed by atoms with Crippen LogP contribution in [-0.2, 0) is 4.79 Å². The second-order valence-corrected chi connectivity index (χ2v) is 4.36. The molecule has 0 fully saturated rings. The second kappa shape index (κ2) is 5.32. The number of nitrogens with two attached hydrogens (primary N) is 1. The molecule has 0 rings (SSSR count). The van der Waals surface area contributed by atoms with Gasteiger partial charge in [0.2, 0.25) is 5.91 Å². The zero-order valence-corrected chi connectivity index (χ0v) is 9.50. The summed E-state index contributed by atoms with van der Waals surface area (Å²) in [5, 5.41) is 12.7. The highest BCUT2D eigenvalue weighted by Gasteiger charge is 2.23. The first-order valence-corrected chi connectivity index (χ1v) is 5.05. The molecule has 0 aromatic rings. The molecule has 0 saturated heterocycles. The van der Waals surface area contributed by atoms with Crippen molar-refractivity contribution in [2.24, 2.45) is 11.7 Å². The van der Waals surface area contributed by atoms with Crippen molar-refractivity contribution in [3.8, 4) is 0 Å². The van der Waals surface area contributed by atoms with Crippen LogP contribution in [0.25, 0.3) is 0 Å². The molecule has 1 amide bonds. The van der Waals surface area contributed by atoms with Crippen LogP contribution in [0.4, 0.5) is 0 Å². The average Bonchev–Trinajstić information content (AvgIpc) is 2.03. The van der Waals surface area contributed by atoms with Crippen LogP contribution in [0.5, 0.6) is 0 Å². The fourth-order valence-electron chi connectivity index (χ4n) is 1.12. The van der Waals surface area contributed by atoms with E-state index < -0.39 is 5.60 Å². The van der Waals surface area contributed by atoms with Gasteiger partial charge in [0.15, 0.2) is 0 Å². The summed E-state index contributed by atoms with van der Waals surface area (Å²) in [5.41, 5.74) is 4.45. The third-order valence-electron chi connectivity index (χ3n) is 2.44. The third kappa shape index (κ3) is 4.58. The van der Waals surface area contributed by atoms with Gasteiger partial charge in [0.05, 0.1) is 11.6 Å². The molecule has 0 bridgehead atoms. The van der Waals surface area contributed by atoms with Gasteiger partial charge in [-0.3, -0.25) is 4.79 Å². The van der Waals surface area contributed by atoms with Crippen molar-refractivity contribution in [1.82, 2.24) is 5.32 Å². The van der Waals surface area contributed by atoms with E-state index in [0.29, 0.717) is 13.0 Å². The zero-order valence-electron chi connectivity index (χ0n) is 9.50. The Labute approximate surface area is 85.9 Å². The number of carbonyl (C=O) groups is 1. The highest BCUT2D eigenvalue weighted by Crippen LogP contribution is 2.08. The Bertz CT molecular complexity index is 191. The van der Waals surface area contributed by atoms with Crippen molar-refractivity contribution in [2.45, 2.75) is 45.8 Å². The Morgan fingerprint density at radius 1 is 1.57 bits per heavy atom. The largest absolute Gasteiger partial charge is 0.389 e. The fourth-order valence-corrected chi connectivity index (χ4v) is 1.12. The molecule has 0 heterocycles. The van der Waals surface area contributed by atoms with E-state index in [1.54, 1.807) is 6.92 Å². The van der Waals surface area contributed by atoms with E-state index in [2.05, 4.69) is 5.32 Å². The van der Waals surface area contributed by atoms with E-state index in [1.165, 1.54) is 0 Å². The van der Waals surface area contributed by atoms with Crippen molar-refractivity contribution in [3.05, 3.63) is 0 Å². The number of amides is 1. The zero-order chi connectivity index (χ0) is 11.4. The van der Waals surface area contributed by atoms with Gasteiger partial charge in [0.25, 0.3) is 0 Å². The van der Waals surface area contributed by atoms with E-state index in [0.717, 1.165) is 0 Å². The molecule has 14 heavy (non-hydrogen) atoms. The normalized spacial score (nSPS) is 17.9. The Balaban J connectivity index is 4.14. The van der Waals surface area contributed by atoms with Gasteiger partial charge in [-0.15, -0.1) is 0 Å². The van der Waals surface area contributed by atoms with Crippen LogP contribution in [0.15, 0.2) is 0 Å². The predicted octanol–water partition coefficient (Wildman–Crippen LogP) is 0.247. The second-order valence-electron chi connectivity index (χ2n) is 4.36. The monoisotopic (exact) mass is 202 g/mol. The van der Waals surface area contributed by atoms with Crippen LogP contribution in [0.1, 0.15) is 34.1 Å². The number of aliphatic hydroxyl groups is 1. The van der Waals surface area contributed by atoms with Crippen LogP contribution in [-0.4, -0.2) is 29.2 Å². The van der Waals surface area contributed by atoms with Gasteiger partial charge in [0, 0.05) is 6.54 Å². The lowest BCUT2D eigenvalue weighted by molar-refractivity contribution is -0.121. The van der Waals surface area contributed by atoms with Crippen LogP contribution in [0.3, 0.4) is 0 Å². The Hall–Kier alpha value is -0.610. The third-order valence-corrected chi connectivity index (χ3v) is 2.44. The first-order chi connectivity index (χ1) is 6.30. The Kier molecular flexibility index (Phi) is 5.08. The minimum absolute atomic E-state index is 0.139. The molecule has 0 spiro atoms. The molecule has 2 unspecified atom stereocenters. The van der Waals surface area contributed by atoms with Crippen molar-refractivity contribution < 1.29 is 9.90 Å². The number of primary amides is 1. The lowest BCUT2D eigenvalue weighted by Gasteiger charge is -2.26. The molecule has 0 aromatic carbocycles. The quantitative estimate of drug-likeness (QED) is 0.578. The van der Waals surface area contributed by atoms with E-state index in [-0.39, 0.29) is 17.9 Å². The summed E-state index contributed by atoms with van der Waals surface area (Å²) in [4.78, 5) is 11.0. The van der Waals surface area contributed by atoms with Gasteiger partial charge < -0.3 is 16.2 Å². The molecule has 4 N–H and O–H groups in total. The molecule has 0 aliphatic heterocycles. The molecule has 2 atom stereocenters. The van der Waals surface area contributed by atoms with Gasteiger partial charge in [0.1, 0.15) is 0 Å². The molecule has 0 radical (unpaired) electrons. The molecular weight excluding hydrogens is 180 g/mol. The van der Waals surface area contributed by atoms with Crippen LogP contribution in [0, 0.1) is 5.92 Å². The Morgan fingerprint density at radius 3 is 2.36 bits per heavy atom. The lowest BCUT2D eigenvalue weighted by atomic mass is 10.00. The number of rotatable bonds is 6. The minimum Gasteiger partial charge on any atom is -0.389 e. The standard InChI is InChI=1S/C10H22N2O2/c1-5-10(4,14)6-12-8(7(2)3)9(11)13/h7-8,12,14H,5-6H2,1-4H3,(H2,11,13). The average molecular weight is 202 g/mol. The topological polar surface area (TPSA) is 75.3 Å². The molecule has 0 aliphatic carbocycles. The van der Waals surface area contributed by atoms with E-state index in [1.807, 2.05) is 20.8 Å². The van der Waals surface area contributed by atoms with Crippen molar-refractivity contribution in [2.75, 3.05) is 6.54 Å². The van der Waals surface area contributed by atoms with E-state index in [9.17, 15) is 9.90 Å². The van der Waals surface area contributed by atoms with Gasteiger partial charge in [-0.25, -0.2) is 0 Å². The minimum atomic E-state index is -0.775. The van der Waals surface area contributed by atoms with Gasteiger partial charge in [-0.2, -0.15) is 0 Å². The Morgan fingerprint density at radius 2 is 2.07 bits per heavy atom. The maximum atomic E-state index is 11.0. The van der Waals surface area contributed by atoms with Crippen LogP contribution >= 0.6 is 0 Å². The molecule has 0 aromatic heterocycles. The van der Waals surface area contributed by atoms with Crippen molar-refractivity contribution in [3.63, 3.8) is 0 Å². The van der Waals surface area contributed by atoms with Gasteiger partial charge >= 0.3 is 0 Å². The predicted molar refractivity (Wildman–Crippen MR) is 56.7 cm³/mol. The number of nitrogens with one attached hydrogen (secondary N) is 1. The first kappa shape index (κ1) is 13.4.